The first-order chi connectivity index (χ1) is 24.8. The van der Waals surface area contributed by atoms with Gasteiger partial charge in [-0.3, -0.25) is 14.5 Å². The standard InChI is InChI=1S/C40H68N7O3S/c1-5-22-45(7-3)25-26-46-24-20-31(4)28-47(23-6-2)34(29-46)27-32-16-18-33(19-17-32)42-38(49)15-9-8-12-21-41-37(48)14-11-10-13-36-39-35(30-51-36)43-40(50)44-39/h16-19,31,34-36,39H,3,5-15,20-30H2,1-2,4H3,(H,41,48)(H,42,49)(H2,43,44,50)/q-1. The van der Waals surface area contributed by atoms with Crippen LogP contribution in [-0.2, 0) is 16.0 Å². The highest BCUT2D eigenvalue weighted by atomic mass is 32.2. The van der Waals surface area contributed by atoms with Crippen molar-refractivity contribution < 1.29 is 14.4 Å². The van der Waals surface area contributed by atoms with Crippen LogP contribution in [0.1, 0.15) is 97.0 Å². The quantitative estimate of drug-likeness (QED) is 0.0707. The van der Waals surface area contributed by atoms with E-state index < -0.39 is 0 Å². The first-order valence-electron chi connectivity index (χ1n) is 20.1. The summed E-state index contributed by atoms with van der Waals surface area (Å²) in [5.41, 5.74) is 2.18. The molecule has 3 fully saturated rings. The van der Waals surface area contributed by atoms with Gasteiger partial charge in [-0.1, -0.05) is 45.7 Å². The van der Waals surface area contributed by atoms with Gasteiger partial charge in [0.15, 0.2) is 0 Å². The molecule has 3 saturated heterocycles. The van der Waals surface area contributed by atoms with Crippen LogP contribution >= 0.6 is 11.8 Å². The van der Waals surface area contributed by atoms with Gasteiger partial charge in [0.05, 0.1) is 12.1 Å². The summed E-state index contributed by atoms with van der Waals surface area (Å²) in [4.78, 5) is 44.4. The third kappa shape index (κ3) is 14.5. The molecule has 3 heterocycles. The predicted octanol–water partition coefficient (Wildman–Crippen LogP) is 5.54. The van der Waals surface area contributed by atoms with Crippen molar-refractivity contribution in [2.24, 2.45) is 5.92 Å². The molecule has 11 heteroatoms. The van der Waals surface area contributed by atoms with E-state index in [1.807, 2.05) is 11.8 Å². The second kappa shape index (κ2) is 22.7. The van der Waals surface area contributed by atoms with E-state index in [-0.39, 0.29) is 29.9 Å². The van der Waals surface area contributed by atoms with E-state index in [2.05, 4.69) is 87.9 Å². The fourth-order valence-corrected chi connectivity index (χ4v) is 9.38. The van der Waals surface area contributed by atoms with E-state index in [9.17, 15) is 14.4 Å². The zero-order valence-corrected chi connectivity index (χ0v) is 32.8. The van der Waals surface area contributed by atoms with Gasteiger partial charge < -0.3 is 38.0 Å². The average Bonchev–Trinajstić information content (AvgIpc) is 3.67. The van der Waals surface area contributed by atoms with E-state index in [0.717, 1.165) is 115 Å². The van der Waals surface area contributed by atoms with Crippen LogP contribution < -0.4 is 21.3 Å². The molecule has 5 unspecified atom stereocenters. The number of rotatable bonds is 22. The second-order valence-corrected chi connectivity index (χ2v) is 16.4. The van der Waals surface area contributed by atoms with E-state index in [4.69, 9.17) is 0 Å². The molecule has 1 aromatic carbocycles. The van der Waals surface area contributed by atoms with Crippen molar-refractivity contribution in [3.63, 3.8) is 0 Å². The molecule has 0 saturated carbocycles. The molecule has 3 aliphatic heterocycles. The van der Waals surface area contributed by atoms with Crippen LogP contribution in [-0.4, -0.2) is 121 Å². The van der Waals surface area contributed by atoms with Crippen LogP contribution in [0.5, 0.6) is 0 Å². The van der Waals surface area contributed by atoms with Crippen molar-refractivity contribution in [2.75, 3.05) is 70.0 Å². The zero-order valence-electron chi connectivity index (χ0n) is 31.9. The largest absolute Gasteiger partial charge is 0.356 e. The molecule has 0 radical (unpaired) electrons. The Morgan fingerprint density at radius 1 is 0.961 bits per heavy atom. The Morgan fingerprint density at radius 2 is 1.75 bits per heavy atom. The van der Waals surface area contributed by atoms with Gasteiger partial charge in [0.2, 0.25) is 11.8 Å². The van der Waals surface area contributed by atoms with Gasteiger partial charge in [-0.25, -0.2) is 4.79 Å². The normalized spacial score (nSPS) is 24.1. The molecule has 0 spiro atoms. The van der Waals surface area contributed by atoms with E-state index in [0.29, 0.717) is 36.6 Å². The molecule has 0 aromatic heterocycles. The van der Waals surface area contributed by atoms with Crippen molar-refractivity contribution in [1.29, 1.82) is 0 Å². The van der Waals surface area contributed by atoms with Crippen LogP contribution in [0.4, 0.5) is 10.5 Å². The lowest BCUT2D eigenvalue weighted by Crippen LogP contribution is -2.51. The van der Waals surface area contributed by atoms with E-state index in [1.54, 1.807) is 0 Å². The van der Waals surface area contributed by atoms with Crippen molar-refractivity contribution >= 4 is 35.3 Å². The average molecular weight is 727 g/mol. The molecule has 4 rings (SSSR count). The van der Waals surface area contributed by atoms with Crippen molar-refractivity contribution in [1.82, 2.24) is 30.7 Å². The van der Waals surface area contributed by atoms with E-state index in [1.165, 1.54) is 18.4 Å². The lowest BCUT2D eigenvalue weighted by Gasteiger charge is -2.40. The van der Waals surface area contributed by atoms with Crippen LogP contribution in [0.2, 0.25) is 0 Å². The highest BCUT2D eigenvalue weighted by molar-refractivity contribution is 8.00. The van der Waals surface area contributed by atoms with Crippen LogP contribution in [0.15, 0.2) is 24.3 Å². The SMILES string of the molecule is [CH2-]CN(CCC)CCN1CCC(C)CN(CCC)C(Cc2ccc(NC(=O)CCCCCNC(=O)CCCCC3SCC4NC(=O)NC43)cc2)C1. The summed E-state index contributed by atoms with van der Waals surface area (Å²) in [5.74, 6) is 1.81. The van der Waals surface area contributed by atoms with Crippen molar-refractivity contribution in [2.45, 2.75) is 121 Å². The molecule has 0 aliphatic carbocycles. The number of urea groups is 1. The molecular weight excluding hydrogens is 659 g/mol. The van der Waals surface area contributed by atoms with Gasteiger partial charge in [0.1, 0.15) is 0 Å². The Kier molecular flexibility index (Phi) is 18.4. The lowest BCUT2D eigenvalue weighted by molar-refractivity contribution is -0.121. The number of anilines is 1. The van der Waals surface area contributed by atoms with Crippen LogP contribution in [0, 0.1) is 12.8 Å². The van der Waals surface area contributed by atoms with Crippen molar-refractivity contribution in [3.8, 4) is 0 Å². The van der Waals surface area contributed by atoms with Crippen LogP contribution in [0.25, 0.3) is 0 Å². The number of carbonyl (C=O) groups is 3. The Labute approximate surface area is 313 Å². The van der Waals surface area contributed by atoms with Gasteiger partial charge in [-0.15, -0.1) is 6.54 Å². The molecule has 3 aliphatic rings. The maximum absolute atomic E-state index is 12.7. The molecule has 0 bridgehead atoms. The second-order valence-electron chi connectivity index (χ2n) is 15.2. The summed E-state index contributed by atoms with van der Waals surface area (Å²) < 4.78 is 0. The highest BCUT2D eigenvalue weighted by Gasteiger charge is 2.42. The third-order valence-corrected chi connectivity index (χ3v) is 12.3. The van der Waals surface area contributed by atoms with E-state index >= 15 is 0 Å². The number of hydrogen-bond acceptors (Lipinski definition) is 7. The summed E-state index contributed by atoms with van der Waals surface area (Å²) in [6, 6.07) is 9.40. The monoisotopic (exact) mass is 727 g/mol. The summed E-state index contributed by atoms with van der Waals surface area (Å²) in [6.07, 6.45) is 11.1. The Balaban J connectivity index is 1.10. The summed E-state index contributed by atoms with van der Waals surface area (Å²) in [7, 11) is 0. The lowest BCUT2D eigenvalue weighted by atomic mass is 9.98. The third-order valence-electron chi connectivity index (χ3n) is 10.8. The molecule has 5 atom stereocenters. The van der Waals surface area contributed by atoms with Crippen molar-refractivity contribution in [3.05, 3.63) is 36.8 Å². The Hall–Kier alpha value is -2.34. The van der Waals surface area contributed by atoms with Gasteiger partial charge in [0, 0.05) is 68.3 Å². The number of amides is 4. The molecule has 10 nitrogen and oxygen atoms in total. The topological polar surface area (TPSA) is 109 Å². The fraction of sp³-hybridized carbons (Fsp3) is 0.750. The molecule has 4 amide bonds. The minimum atomic E-state index is -0.0490. The first-order valence-corrected chi connectivity index (χ1v) is 21.1. The zero-order chi connectivity index (χ0) is 36.4. The molecular formula is C40H68N7O3S-. The number of fused-ring (bicyclic) bond motifs is 1. The maximum atomic E-state index is 12.7. The Morgan fingerprint density at radius 3 is 2.51 bits per heavy atom. The number of nitrogens with zero attached hydrogens (tertiary/aromatic N) is 3. The number of hydrogen-bond donors (Lipinski definition) is 4. The number of carbonyl (C=O) groups excluding carboxylic acids is 3. The predicted molar refractivity (Wildman–Crippen MR) is 212 cm³/mol. The smallest absolute Gasteiger partial charge is 0.315 e. The fourth-order valence-electron chi connectivity index (χ4n) is 7.84. The minimum Gasteiger partial charge on any atom is -0.356 e. The number of nitrogens with one attached hydrogen (secondary N) is 4. The molecule has 1 aromatic rings. The summed E-state index contributed by atoms with van der Waals surface area (Å²) in [5, 5.41) is 12.6. The Bertz CT molecular complexity index is 1190. The summed E-state index contributed by atoms with van der Waals surface area (Å²) >= 11 is 1.92. The van der Waals surface area contributed by atoms with Gasteiger partial charge in [-0.05, 0) is 94.6 Å². The first kappa shape index (κ1) is 41.4. The maximum Gasteiger partial charge on any atom is 0.315 e. The van der Waals surface area contributed by atoms with Crippen LogP contribution in [0.3, 0.4) is 0 Å². The number of thioether (sulfide) groups is 1. The molecule has 4 N–H and O–H groups in total. The molecule has 288 valence electrons. The van der Waals surface area contributed by atoms with Gasteiger partial charge in [-0.2, -0.15) is 11.8 Å². The van der Waals surface area contributed by atoms with Gasteiger partial charge >= 0.3 is 6.03 Å². The number of unbranched alkanes of at least 4 members (excludes halogenated alkanes) is 3. The molecule has 51 heavy (non-hydrogen) atoms. The minimum absolute atomic E-state index is 0.0460. The summed E-state index contributed by atoms with van der Waals surface area (Å²) in [6.45, 7) is 20.5. The highest BCUT2D eigenvalue weighted by Crippen LogP contribution is 2.33. The number of benzene rings is 1. The van der Waals surface area contributed by atoms with Gasteiger partial charge in [0.25, 0.3) is 0 Å².